The van der Waals surface area contributed by atoms with Crippen molar-refractivity contribution in [2.24, 2.45) is 5.92 Å². The minimum absolute atomic E-state index is 0.340. The lowest BCUT2D eigenvalue weighted by Crippen LogP contribution is -2.28. The van der Waals surface area contributed by atoms with Crippen LogP contribution in [0.15, 0.2) is 24.3 Å². The smallest absolute Gasteiger partial charge is 0.119 e. The van der Waals surface area contributed by atoms with Crippen molar-refractivity contribution in [2.45, 2.75) is 38.2 Å². The van der Waals surface area contributed by atoms with E-state index < -0.39 is 0 Å². The molecule has 0 saturated heterocycles. The fourth-order valence-electron chi connectivity index (χ4n) is 2.51. The largest absolute Gasteiger partial charge is 0.497 e. The fourth-order valence-corrected chi connectivity index (χ4v) is 2.51. The van der Waals surface area contributed by atoms with Gasteiger partial charge in [0.25, 0.3) is 0 Å². The average Bonchev–Trinajstić information content (AvgIpc) is 2.46. The summed E-state index contributed by atoms with van der Waals surface area (Å²) in [6, 6.07) is 7.46. The molecule has 0 bridgehead atoms. The number of rotatable bonds is 5. The minimum Gasteiger partial charge on any atom is -0.497 e. The molecule has 1 aromatic rings. The van der Waals surface area contributed by atoms with Gasteiger partial charge in [-0.3, -0.25) is 0 Å². The van der Waals surface area contributed by atoms with Crippen LogP contribution in [0, 0.1) is 5.92 Å². The van der Waals surface area contributed by atoms with Gasteiger partial charge in [0.1, 0.15) is 18.1 Å². The SMILES string of the molecule is COc1ccc(OCC(O)C2CCCCC2)cc1. The van der Waals surface area contributed by atoms with E-state index >= 15 is 0 Å². The molecule has 3 heteroatoms. The van der Waals surface area contributed by atoms with Crippen molar-refractivity contribution in [3.63, 3.8) is 0 Å². The second-order valence-electron chi connectivity index (χ2n) is 4.95. The van der Waals surface area contributed by atoms with Gasteiger partial charge in [0, 0.05) is 0 Å². The molecule has 1 N–H and O–H groups in total. The van der Waals surface area contributed by atoms with Crippen LogP contribution in [-0.4, -0.2) is 24.9 Å². The van der Waals surface area contributed by atoms with Crippen LogP contribution in [0.4, 0.5) is 0 Å². The molecule has 1 unspecified atom stereocenters. The first-order valence-corrected chi connectivity index (χ1v) is 6.74. The van der Waals surface area contributed by atoms with Gasteiger partial charge in [0.2, 0.25) is 0 Å². The van der Waals surface area contributed by atoms with Crippen LogP contribution in [0.5, 0.6) is 11.5 Å². The zero-order valence-electron chi connectivity index (χ0n) is 11.0. The number of methoxy groups -OCH3 is 1. The van der Waals surface area contributed by atoms with Crippen LogP contribution in [0.1, 0.15) is 32.1 Å². The number of aliphatic hydroxyl groups excluding tert-OH is 1. The molecule has 0 aliphatic heterocycles. The van der Waals surface area contributed by atoms with Gasteiger partial charge in [0.05, 0.1) is 13.2 Å². The van der Waals surface area contributed by atoms with Gasteiger partial charge >= 0.3 is 0 Å². The van der Waals surface area contributed by atoms with Crippen molar-refractivity contribution in [1.82, 2.24) is 0 Å². The van der Waals surface area contributed by atoms with E-state index in [1.165, 1.54) is 19.3 Å². The molecule has 1 aromatic carbocycles. The summed E-state index contributed by atoms with van der Waals surface area (Å²) in [4.78, 5) is 0. The van der Waals surface area contributed by atoms with Crippen LogP contribution in [0.25, 0.3) is 0 Å². The molecule has 2 rings (SSSR count). The third kappa shape index (κ3) is 3.64. The van der Waals surface area contributed by atoms with Gasteiger partial charge in [-0.2, -0.15) is 0 Å². The highest BCUT2D eigenvalue weighted by molar-refractivity contribution is 5.31. The standard InChI is InChI=1S/C15H22O3/c1-17-13-7-9-14(10-8-13)18-11-15(16)12-5-3-2-4-6-12/h7-10,12,15-16H,2-6,11H2,1H3. The molecule has 1 aliphatic carbocycles. The first-order chi connectivity index (χ1) is 8.79. The van der Waals surface area contributed by atoms with E-state index in [-0.39, 0.29) is 6.10 Å². The molecule has 1 saturated carbocycles. The van der Waals surface area contributed by atoms with E-state index in [4.69, 9.17) is 9.47 Å². The molecule has 0 aromatic heterocycles. The Morgan fingerprint density at radius 2 is 1.72 bits per heavy atom. The highest BCUT2D eigenvalue weighted by Gasteiger charge is 2.21. The summed E-state index contributed by atoms with van der Waals surface area (Å²) in [5.74, 6) is 2.01. The summed E-state index contributed by atoms with van der Waals surface area (Å²) in [6.45, 7) is 0.386. The number of aliphatic hydroxyl groups is 1. The normalized spacial score (nSPS) is 18.3. The Kier molecular flexibility index (Phi) is 4.88. The van der Waals surface area contributed by atoms with Crippen molar-refractivity contribution in [2.75, 3.05) is 13.7 Å². The second kappa shape index (κ2) is 6.64. The molecular formula is C15H22O3. The van der Waals surface area contributed by atoms with Crippen molar-refractivity contribution in [3.8, 4) is 11.5 Å². The van der Waals surface area contributed by atoms with Crippen LogP contribution < -0.4 is 9.47 Å². The molecule has 0 heterocycles. The molecule has 0 amide bonds. The summed E-state index contributed by atoms with van der Waals surface area (Å²) in [7, 11) is 1.64. The third-order valence-corrected chi connectivity index (χ3v) is 3.67. The maximum Gasteiger partial charge on any atom is 0.119 e. The number of hydrogen-bond acceptors (Lipinski definition) is 3. The van der Waals surface area contributed by atoms with Gasteiger partial charge in [-0.15, -0.1) is 0 Å². The fraction of sp³-hybridized carbons (Fsp3) is 0.600. The van der Waals surface area contributed by atoms with Crippen molar-refractivity contribution in [3.05, 3.63) is 24.3 Å². The van der Waals surface area contributed by atoms with E-state index in [0.717, 1.165) is 24.3 Å². The summed E-state index contributed by atoms with van der Waals surface area (Å²) in [5, 5.41) is 10.1. The number of benzene rings is 1. The zero-order chi connectivity index (χ0) is 12.8. The third-order valence-electron chi connectivity index (χ3n) is 3.67. The Morgan fingerprint density at radius 1 is 1.11 bits per heavy atom. The predicted octanol–water partition coefficient (Wildman–Crippen LogP) is 3.02. The number of ether oxygens (including phenoxy) is 2. The molecule has 1 aliphatic rings. The summed E-state index contributed by atoms with van der Waals surface area (Å²) in [5.41, 5.74) is 0. The molecule has 0 spiro atoms. The van der Waals surface area contributed by atoms with Gasteiger partial charge in [-0.05, 0) is 43.0 Å². The highest BCUT2D eigenvalue weighted by atomic mass is 16.5. The van der Waals surface area contributed by atoms with E-state index in [9.17, 15) is 5.11 Å². The molecule has 1 fully saturated rings. The van der Waals surface area contributed by atoms with Crippen LogP contribution >= 0.6 is 0 Å². The Hall–Kier alpha value is -1.22. The lowest BCUT2D eigenvalue weighted by molar-refractivity contribution is 0.0413. The Balaban J connectivity index is 1.78. The first kappa shape index (κ1) is 13.2. The van der Waals surface area contributed by atoms with Crippen molar-refractivity contribution < 1.29 is 14.6 Å². The molecule has 0 radical (unpaired) electrons. The summed E-state index contributed by atoms with van der Waals surface area (Å²) >= 11 is 0. The van der Waals surface area contributed by atoms with Crippen molar-refractivity contribution in [1.29, 1.82) is 0 Å². The van der Waals surface area contributed by atoms with Crippen LogP contribution in [0.3, 0.4) is 0 Å². The lowest BCUT2D eigenvalue weighted by Gasteiger charge is -2.26. The van der Waals surface area contributed by atoms with E-state index in [0.29, 0.717) is 12.5 Å². The average molecular weight is 250 g/mol. The van der Waals surface area contributed by atoms with Gasteiger partial charge in [0.15, 0.2) is 0 Å². The quantitative estimate of drug-likeness (QED) is 0.873. The molecule has 18 heavy (non-hydrogen) atoms. The van der Waals surface area contributed by atoms with E-state index in [1.807, 2.05) is 24.3 Å². The molecular weight excluding hydrogens is 228 g/mol. The monoisotopic (exact) mass is 250 g/mol. The lowest BCUT2D eigenvalue weighted by atomic mass is 9.85. The van der Waals surface area contributed by atoms with E-state index in [1.54, 1.807) is 7.11 Å². The summed E-state index contributed by atoms with van der Waals surface area (Å²) < 4.78 is 10.7. The second-order valence-corrected chi connectivity index (χ2v) is 4.95. The zero-order valence-corrected chi connectivity index (χ0v) is 11.0. The first-order valence-electron chi connectivity index (χ1n) is 6.74. The Morgan fingerprint density at radius 3 is 2.33 bits per heavy atom. The van der Waals surface area contributed by atoms with Crippen LogP contribution in [0.2, 0.25) is 0 Å². The van der Waals surface area contributed by atoms with Gasteiger partial charge in [-0.1, -0.05) is 19.3 Å². The van der Waals surface area contributed by atoms with Crippen molar-refractivity contribution >= 4 is 0 Å². The number of hydrogen-bond donors (Lipinski definition) is 1. The van der Waals surface area contributed by atoms with E-state index in [2.05, 4.69) is 0 Å². The highest BCUT2D eigenvalue weighted by Crippen LogP contribution is 2.27. The van der Waals surface area contributed by atoms with Gasteiger partial charge < -0.3 is 14.6 Å². The van der Waals surface area contributed by atoms with Crippen LogP contribution in [-0.2, 0) is 0 Å². The molecule has 1 atom stereocenters. The maximum absolute atomic E-state index is 10.1. The topological polar surface area (TPSA) is 38.7 Å². The van der Waals surface area contributed by atoms with Gasteiger partial charge in [-0.25, -0.2) is 0 Å². The maximum atomic E-state index is 10.1. The minimum atomic E-state index is -0.340. The molecule has 3 nitrogen and oxygen atoms in total. The summed E-state index contributed by atoms with van der Waals surface area (Å²) in [6.07, 6.45) is 5.71. The predicted molar refractivity (Wildman–Crippen MR) is 71.1 cm³/mol. The Bertz CT molecular complexity index is 341. The molecule has 100 valence electrons. The Labute approximate surface area is 109 Å².